The minimum atomic E-state index is 0.105. The first-order chi connectivity index (χ1) is 8.83. The first-order valence-electron chi connectivity index (χ1n) is 6.93. The minimum absolute atomic E-state index is 0.105. The molecule has 5 heteroatoms. The maximum Gasteiger partial charge on any atom is 0.0895 e. The number of aryl methyl sites for hydroxylation is 1. The molecule has 100 valence electrons. The van der Waals surface area contributed by atoms with Crippen LogP contribution in [0.3, 0.4) is 0 Å². The Morgan fingerprint density at radius 2 is 2.33 bits per heavy atom. The summed E-state index contributed by atoms with van der Waals surface area (Å²) in [5, 5.41) is 4.39. The Labute approximate surface area is 108 Å². The molecule has 0 spiro atoms. The second-order valence-electron chi connectivity index (χ2n) is 5.19. The first-order valence-corrected chi connectivity index (χ1v) is 6.93. The molecule has 0 radical (unpaired) electrons. The summed E-state index contributed by atoms with van der Waals surface area (Å²) >= 11 is 0. The smallest absolute Gasteiger partial charge is 0.0895 e. The standard InChI is InChI=1S/C13H22N4O/c1-2-16-9-10(8-15-16)13-12(7-14)18-6-5-17(13)11-3-4-11/h8-9,11-13H,2-7,14H2,1H3. The van der Waals surface area contributed by atoms with Gasteiger partial charge in [0.1, 0.15) is 0 Å². The third kappa shape index (κ3) is 2.18. The number of nitrogens with two attached hydrogens (primary N) is 1. The molecule has 3 rings (SSSR count). The first kappa shape index (κ1) is 12.1. The molecule has 2 N–H and O–H groups in total. The van der Waals surface area contributed by atoms with E-state index in [9.17, 15) is 0 Å². The Balaban J connectivity index is 1.86. The lowest BCUT2D eigenvalue weighted by Crippen LogP contribution is -2.49. The van der Waals surface area contributed by atoms with Gasteiger partial charge in [-0.2, -0.15) is 5.10 Å². The number of aromatic nitrogens is 2. The largest absolute Gasteiger partial charge is 0.374 e. The van der Waals surface area contributed by atoms with Crippen LogP contribution in [-0.2, 0) is 11.3 Å². The number of hydrogen-bond donors (Lipinski definition) is 1. The van der Waals surface area contributed by atoms with Crippen molar-refractivity contribution in [2.45, 2.75) is 44.5 Å². The summed E-state index contributed by atoms with van der Waals surface area (Å²) < 4.78 is 7.82. The quantitative estimate of drug-likeness (QED) is 0.857. The van der Waals surface area contributed by atoms with E-state index in [4.69, 9.17) is 10.5 Å². The monoisotopic (exact) mass is 250 g/mol. The molecule has 1 saturated heterocycles. The zero-order valence-electron chi connectivity index (χ0n) is 11.0. The fraction of sp³-hybridized carbons (Fsp3) is 0.769. The van der Waals surface area contributed by atoms with Crippen molar-refractivity contribution >= 4 is 0 Å². The van der Waals surface area contributed by atoms with Crippen molar-refractivity contribution in [3.8, 4) is 0 Å². The molecule has 1 saturated carbocycles. The fourth-order valence-corrected chi connectivity index (χ4v) is 2.88. The molecule has 0 amide bonds. The van der Waals surface area contributed by atoms with E-state index in [-0.39, 0.29) is 12.1 Å². The average molecular weight is 250 g/mol. The number of nitrogens with zero attached hydrogens (tertiary/aromatic N) is 3. The normalized spacial score (nSPS) is 29.7. The molecule has 1 aromatic rings. The highest BCUT2D eigenvalue weighted by Gasteiger charge is 2.41. The zero-order chi connectivity index (χ0) is 12.5. The lowest BCUT2D eigenvalue weighted by molar-refractivity contribution is -0.0712. The van der Waals surface area contributed by atoms with Crippen LogP contribution in [0.2, 0.25) is 0 Å². The van der Waals surface area contributed by atoms with E-state index in [2.05, 4.69) is 23.1 Å². The molecule has 5 nitrogen and oxygen atoms in total. The van der Waals surface area contributed by atoms with E-state index in [1.165, 1.54) is 18.4 Å². The van der Waals surface area contributed by atoms with E-state index < -0.39 is 0 Å². The maximum absolute atomic E-state index is 5.87. The summed E-state index contributed by atoms with van der Waals surface area (Å²) in [5.41, 5.74) is 7.12. The highest BCUT2D eigenvalue weighted by atomic mass is 16.5. The highest BCUT2D eigenvalue weighted by Crippen LogP contribution is 2.38. The summed E-state index contributed by atoms with van der Waals surface area (Å²) in [7, 11) is 0. The van der Waals surface area contributed by atoms with E-state index >= 15 is 0 Å². The van der Waals surface area contributed by atoms with Gasteiger partial charge < -0.3 is 10.5 Å². The van der Waals surface area contributed by atoms with Gasteiger partial charge in [-0.25, -0.2) is 0 Å². The second kappa shape index (κ2) is 4.99. The second-order valence-corrected chi connectivity index (χ2v) is 5.19. The Kier molecular flexibility index (Phi) is 3.37. The molecule has 0 bridgehead atoms. The third-order valence-electron chi connectivity index (χ3n) is 3.96. The van der Waals surface area contributed by atoms with Gasteiger partial charge in [0.15, 0.2) is 0 Å². The van der Waals surface area contributed by atoms with Gasteiger partial charge >= 0.3 is 0 Å². The Hall–Kier alpha value is -0.910. The van der Waals surface area contributed by atoms with Crippen LogP contribution in [0.15, 0.2) is 12.4 Å². The molecule has 2 heterocycles. The summed E-state index contributed by atoms with van der Waals surface area (Å²) in [4.78, 5) is 2.57. The SMILES string of the molecule is CCn1cc(C2C(CN)OCCN2C2CC2)cn1. The van der Waals surface area contributed by atoms with Crippen molar-refractivity contribution in [3.05, 3.63) is 18.0 Å². The number of morpholine rings is 1. The number of ether oxygens (including phenoxy) is 1. The van der Waals surface area contributed by atoms with Crippen LogP contribution in [-0.4, -0.2) is 46.5 Å². The van der Waals surface area contributed by atoms with Crippen molar-refractivity contribution in [1.29, 1.82) is 0 Å². The van der Waals surface area contributed by atoms with Crippen LogP contribution in [0.25, 0.3) is 0 Å². The molecule has 18 heavy (non-hydrogen) atoms. The Morgan fingerprint density at radius 1 is 1.50 bits per heavy atom. The van der Waals surface area contributed by atoms with E-state index in [0.29, 0.717) is 6.54 Å². The zero-order valence-corrected chi connectivity index (χ0v) is 11.0. The van der Waals surface area contributed by atoms with E-state index in [0.717, 1.165) is 25.7 Å². The molecule has 2 aliphatic rings. The molecular formula is C13H22N4O. The lowest BCUT2D eigenvalue weighted by atomic mass is 10.0. The van der Waals surface area contributed by atoms with Crippen molar-refractivity contribution in [1.82, 2.24) is 14.7 Å². The van der Waals surface area contributed by atoms with Gasteiger partial charge in [0.2, 0.25) is 0 Å². The van der Waals surface area contributed by atoms with Crippen molar-refractivity contribution in [2.75, 3.05) is 19.7 Å². The summed E-state index contributed by atoms with van der Waals surface area (Å²) in [6.45, 7) is 5.41. The predicted octanol–water partition coefficient (Wildman–Crippen LogP) is 0.766. The summed E-state index contributed by atoms with van der Waals surface area (Å²) in [6, 6.07) is 1.02. The van der Waals surface area contributed by atoms with Crippen LogP contribution >= 0.6 is 0 Å². The maximum atomic E-state index is 5.87. The summed E-state index contributed by atoms with van der Waals surface area (Å²) in [5.74, 6) is 0. The molecule has 1 aliphatic heterocycles. The Morgan fingerprint density at radius 3 is 2.94 bits per heavy atom. The van der Waals surface area contributed by atoms with Gasteiger partial charge in [-0.15, -0.1) is 0 Å². The van der Waals surface area contributed by atoms with Crippen LogP contribution < -0.4 is 5.73 Å². The van der Waals surface area contributed by atoms with Crippen molar-refractivity contribution in [2.24, 2.45) is 5.73 Å². The van der Waals surface area contributed by atoms with Crippen LogP contribution in [0.1, 0.15) is 31.4 Å². The number of hydrogen-bond acceptors (Lipinski definition) is 4. The summed E-state index contributed by atoms with van der Waals surface area (Å²) in [6.07, 6.45) is 6.85. The molecule has 2 atom stereocenters. The minimum Gasteiger partial charge on any atom is -0.374 e. The lowest BCUT2D eigenvalue weighted by Gasteiger charge is -2.40. The van der Waals surface area contributed by atoms with Crippen molar-refractivity contribution < 1.29 is 4.74 Å². The van der Waals surface area contributed by atoms with Crippen LogP contribution in [0, 0.1) is 0 Å². The predicted molar refractivity (Wildman–Crippen MR) is 69.2 cm³/mol. The topological polar surface area (TPSA) is 56.3 Å². The van der Waals surface area contributed by atoms with Crippen LogP contribution in [0.5, 0.6) is 0 Å². The molecular weight excluding hydrogens is 228 g/mol. The van der Waals surface area contributed by atoms with Gasteiger partial charge in [-0.3, -0.25) is 9.58 Å². The van der Waals surface area contributed by atoms with Gasteiger partial charge in [-0.05, 0) is 19.8 Å². The average Bonchev–Trinajstić information content (AvgIpc) is 3.15. The van der Waals surface area contributed by atoms with Crippen molar-refractivity contribution in [3.63, 3.8) is 0 Å². The van der Waals surface area contributed by atoms with Crippen LogP contribution in [0.4, 0.5) is 0 Å². The molecule has 1 aromatic heterocycles. The van der Waals surface area contributed by atoms with Gasteiger partial charge in [0.05, 0.1) is 24.9 Å². The Bertz CT molecular complexity index is 401. The van der Waals surface area contributed by atoms with Gasteiger partial charge in [0.25, 0.3) is 0 Å². The van der Waals surface area contributed by atoms with Gasteiger partial charge in [-0.1, -0.05) is 0 Å². The fourth-order valence-electron chi connectivity index (χ4n) is 2.88. The molecule has 2 unspecified atom stereocenters. The third-order valence-corrected chi connectivity index (χ3v) is 3.96. The molecule has 0 aromatic carbocycles. The van der Waals surface area contributed by atoms with E-state index in [1.54, 1.807) is 0 Å². The highest BCUT2D eigenvalue weighted by molar-refractivity contribution is 5.15. The molecule has 1 aliphatic carbocycles. The number of rotatable bonds is 4. The van der Waals surface area contributed by atoms with E-state index in [1.807, 2.05) is 10.9 Å². The molecule has 2 fully saturated rings. The van der Waals surface area contributed by atoms with Gasteiger partial charge in [0, 0.05) is 37.4 Å².